The zero-order chi connectivity index (χ0) is 19.1. The molecule has 0 fully saturated rings. The first-order chi connectivity index (χ1) is 12.4. The van der Waals surface area contributed by atoms with Crippen molar-refractivity contribution in [1.82, 2.24) is 15.5 Å². The van der Waals surface area contributed by atoms with Crippen molar-refractivity contribution in [3.63, 3.8) is 0 Å². The lowest BCUT2D eigenvalue weighted by Crippen LogP contribution is -2.36. The summed E-state index contributed by atoms with van der Waals surface area (Å²) in [6.45, 7) is 2.79. The fourth-order valence-corrected chi connectivity index (χ4v) is 2.36. The number of amides is 1. The number of benzene rings is 2. The number of guanidine groups is 1. The van der Waals surface area contributed by atoms with Gasteiger partial charge in [-0.05, 0) is 41.8 Å². The van der Waals surface area contributed by atoms with Crippen LogP contribution in [-0.2, 0) is 13.1 Å². The van der Waals surface area contributed by atoms with Gasteiger partial charge in [-0.15, -0.1) is 24.0 Å². The summed E-state index contributed by atoms with van der Waals surface area (Å²) < 4.78 is 13.6. The lowest BCUT2D eigenvalue weighted by molar-refractivity contribution is 0.0827. The van der Waals surface area contributed by atoms with Gasteiger partial charge in [-0.3, -0.25) is 9.79 Å². The first kappa shape index (κ1) is 22.9. The molecule has 0 unspecified atom stereocenters. The quantitative estimate of drug-likeness (QED) is 0.389. The van der Waals surface area contributed by atoms with Gasteiger partial charge in [-0.1, -0.05) is 24.3 Å². The van der Waals surface area contributed by atoms with Crippen molar-refractivity contribution in [3.05, 3.63) is 70.5 Å². The van der Waals surface area contributed by atoms with Gasteiger partial charge in [0.1, 0.15) is 5.82 Å². The Bertz CT molecular complexity index is 791. The molecule has 146 valence electrons. The first-order valence-corrected chi connectivity index (χ1v) is 8.41. The lowest BCUT2D eigenvalue weighted by atomic mass is 10.1. The molecule has 0 aliphatic rings. The summed E-state index contributed by atoms with van der Waals surface area (Å²) in [5.41, 5.74) is 3.17. The highest BCUT2D eigenvalue weighted by molar-refractivity contribution is 14.0. The van der Waals surface area contributed by atoms with Crippen LogP contribution in [0.3, 0.4) is 0 Å². The fourth-order valence-electron chi connectivity index (χ4n) is 2.36. The lowest BCUT2D eigenvalue weighted by Gasteiger charge is -2.13. The standard InChI is InChI=1S/C20H25FN4O.HI/c1-14-5-6-16(11-18(14)21)13-24-20(22-2)23-12-15-7-9-17(10-8-15)19(26)25(3)4;/h5-11H,12-13H2,1-4H3,(H2,22,23,24);1H. The van der Waals surface area contributed by atoms with Crippen molar-refractivity contribution >= 4 is 35.8 Å². The number of aryl methyl sites for hydroxylation is 1. The molecule has 5 nitrogen and oxygen atoms in total. The van der Waals surface area contributed by atoms with Crippen molar-refractivity contribution in [3.8, 4) is 0 Å². The molecule has 0 spiro atoms. The third kappa shape index (κ3) is 6.82. The summed E-state index contributed by atoms with van der Waals surface area (Å²) in [7, 11) is 5.14. The number of hydrogen-bond donors (Lipinski definition) is 2. The minimum atomic E-state index is -0.209. The van der Waals surface area contributed by atoms with E-state index in [4.69, 9.17) is 0 Å². The Kier molecular flexibility index (Phi) is 9.20. The molecule has 2 aromatic carbocycles. The van der Waals surface area contributed by atoms with Crippen LogP contribution in [0.2, 0.25) is 0 Å². The van der Waals surface area contributed by atoms with Gasteiger partial charge in [-0.25, -0.2) is 4.39 Å². The maximum atomic E-state index is 13.6. The summed E-state index contributed by atoms with van der Waals surface area (Å²) in [5.74, 6) is 0.395. The van der Waals surface area contributed by atoms with E-state index in [1.54, 1.807) is 39.0 Å². The Labute approximate surface area is 177 Å². The smallest absolute Gasteiger partial charge is 0.253 e. The molecule has 0 saturated heterocycles. The largest absolute Gasteiger partial charge is 0.352 e. The van der Waals surface area contributed by atoms with Gasteiger partial charge < -0.3 is 15.5 Å². The normalized spacial score (nSPS) is 10.8. The molecule has 0 atom stereocenters. The predicted octanol–water partition coefficient (Wildman–Crippen LogP) is 3.32. The van der Waals surface area contributed by atoms with Crippen LogP contribution in [-0.4, -0.2) is 37.9 Å². The Morgan fingerprint density at radius 2 is 1.59 bits per heavy atom. The van der Waals surface area contributed by atoms with Gasteiger partial charge in [0, 0.05) is 39.8 Å². The van der Waals surface area contributed by atoms with Gasteiger partial charge in [0.05, 0.1) is 0 Å². The second-order valence-corrected chi connectivity index (χ2v) is 6.26. The highest BCUT2D eigenvalue weighted by atomic mass is 127. The molecule has 0 aliphatic carbocycles. The second-order valence-electron chi connectivity index (χ2n) is 6.26. The van der Waals surface area contributed by atoms with Crippen LogP contribution in [0, 0.1) is 12.7 Å². The van der Waals surface area contributed by atoms with Crippen molar-refractivity contribution < 1.29 is 9.18 Å². The van der Waals surface area contributed by atoms with Crippen LogP contribution >= 0.6 is 24.0 Å². The highest BCUT2D eigenvalue weighted by Gasteiger charge is 2.07. The SMILES string of the molecule is CN=C(NCc1ccc(C(=O)N(C)C)cc1)NCc1ccc(C)c(F)c1.I. The van der Waals surface area contributed by atoms with Crippen LogP contribution in [0.4, 0.5) is 4.39 Å². The molecule has 2 N–H and O–H groups in total. The molecule has 1 amide bonds. The van der Waals surface area contributed by atoms with Crippen molar-refractivity contribution in [2.45, 2.75) is 20.0 Å². The molecule has 0 bridgehead atoms. The van der Waals surface area contributed by atoms with E-state index in [0.29, 0.717) is 30.2 Å². The summed E-state index contributed by atoms with van der Waals surface area (Å²) in [5, 5.41) is 6.36. The molecular weight excluding hydrogens is 458 g/mol. The van der Waals surface area contributed by atoms with Crippen LogP contribution in [0.15, 0.2) is 47.5 Å². The monoisotopic (exact) mass is 484 g/mol. The van der Waals surface area contributed by atoms with Crippen molar-refractivity contribution in [2.24, 2.45) is 4.99 Å². The molecule has 0 aliphatic heterocycles. The van der Waals surface area contributed by atoms with Crippen LogP contribution in [0.5, 0.6) is 0 Å². The Balaban J connectivity index is 0.00000364. The number of carbonyl (C=O) groups is 1. The molecule has 27 heavy (non-hydrogen) atoms. The molecule has 0 aromatic heterocycles. The highest BCUT2D eigenvalue weighted by Crippen LogP contribution is 2.09. The molecule has 0 heterocycles. The summed E-state index contributed by atoms with van der Waals surface area (Å²) in [6.07, 6.45) is 0. The van der Waals surface area contributed by atoms with E-state index in [-0.39, 0.29) is 35.7 Å². The van der Waals surface area contributed by atoms with E-state index in [1.807, 2.05) is 30.3 Å². The molecule has 2 rings (SSSR count). The van der Waals surface area contributed by atoms with E-state index in [9.17, 15) is 9.18 Å². The third-order valence-corrected chi connectivity index (χ3v) is 3.99. The van der Waals surface area contributed by atoms with E-state index in [1.165, 1.54) is 6.07 Å². The number of halogens is 2. The zero-order valence-electron chi connectivity index (χ0n) is 16.0. The fraction of sp³-hybridized carbons (Fsp3) is 0.300. The maximum absolute atomic E-state index is 13.6. The number of nitrogens with zero attached hydrogens (tertiary/aromatic N) is 2. The molecular formula is C20H26FIN4O. The number of hydrogen-bond acceptors (Lipinski definition) is 2. The first-order valence-electron chi connectivity index (χ1n) is 8.41. The summed E-state index contributed by atoms with van der Waals surface area (Å²) >= 11 is 0. The van der Waals surface area contributed by atoms with Crippen molar-refractivity contribution in [2.75, 3.05) is 21.1 Å². The number of carbonyl (C=O) groups excluding carboxylic acids is 1. The second kappa shape index (κ2) is 10.9. The average molecular weight is 484 g/mol. The van der Waals surface area contributed by atoms with Gasteiger partial charge in [0.15, 0.2) is 5.96 Å². The van der Waals surface area contributed by atoms with Crippen LogP contribution in [0.1, 0.15) is 27.0 Å². The summed E-state index contributed by atoms with van der Waals surface area (Å²) in [6, 6.07) is 12.6. The van der Waals surface area contributed by atoms with Gasteiger partial charge in [0.25, 0.3) is 5.91 Å². The van der Waals surface area contributed by atoms with E-state index in [0.717, 1.165) is 11.1 Å². The minimum Gasteiger partial charge on any atom is -0.352 e. The number of rotatable bonds is 5. The Hall–Kier alpha value is -2.16. The van der Waals surface area contributed by atoms with Gasteiger partial charge >= 0.3 is 0 Å². The molecule has 0 radical (unpaired) electrons. The topological polar surface area (TPSA) is 56.7 Å². The summed E-state index contributed by atoms with van der Waals surface area (Å²) in [4.78, 5) is 17.6. The van der Waals surface area contributed by atoms with E-state index >= 15 is 0 Å². The Morgan fingerprint density at radius 1 is 1.04 bits per heavy atom. The third-order valence-electron chi connectivity index (χ3n) is 3.99. The van der Waals surface area contributed by atoms with Gasteiger partial charge in [-0.2, -0.15) is 0 Å². The van der Waals surface area contributed by atoms with Gasteiger partial charge in [0.2, 0.25) is 0 Å². The predicted molar refractivity (Wildman–Crippen MR) is 118 cm³/mol. The molecule has 7 heteroatoms. The Morgan fingerprint density at radius 3 is 2.11 bits per heavy atom. The zero-order valence-corrected chi connectivity index (χ0v) is 18.4. The molecule has 0 saturated carbocycles. The molecule has 2 aromatic rings. The van der Waals surface area contributed by atoms with E-state index < -0.39 is 0 Å². The van der Waals surface area contributed by atoms with Crippen molar-refractivity contribution in [1.29, 1.82) is 0 Å². The minimum absolute atomic E-state index is 0. The van der Waals surface area contributed by atoms with Crippen LogP contribution in [0.25, 0.3) is 0 Å². The number of aliphatic imine (C=N–C) groups is 1. The van der Waals surface area contributed by atoms with Crippen LogP contribution < -0.4 is 10.6 Å². The van der Waals surface area contributed by atoms with E-state index in [2.05, 4.69) is 15.6 Å². The number of nitrogens with one attached hydrogen (secondary N) is 2. The maximum Gasteiger partial charge on any atom is 0.253 e. The average Bonchev–Trinajstić information content (AvgIpc) is 2.64.